The molecule has 86 valence electrons. The minimum Gasteiger partial charge on any atom is -0.399 e. The number of rotatable bonds is 1. The molecule has 0 spiro atoms. The van der Waals surface area contributed by atoms with Gasteiger partial charge in [-0.25, -0.2) is 0 Å². The minimum atomic E-state index is -1.56. The summed E-state index contributed by atoms with van der Waals surface area (Å²) >= 11 is 0. The molecule has 0 aromatic rings. The first kappa shape index (κ1) is 12.7. The van der Waals surface area contributed by atoms with E-state index in [0.717, 1.165) is 0 Å². The lowest BCUT2D eigenvalue weighted by Crippen LogP contribution is -2.49. The van der Waals surface area contributed by atoms with Gasteiger partial charge in [0, 0.05) is 0 Å². The summed E-state index contributed by atoms with van der Waals surface area (Å²) in [6, 6.07) is 5.79. The van der Waals surface area contributed by atoms with E-state index in [4.69, 9.17) is 11.0 Å². The third-order valence-electron chi connectivity index (χ3n) is 3.39. The number of hydrogen-bond donors (Lipinski definition) is 1. The second-order valence-electron chi connectivity index (χ2n) is 4.20. The summed E-state index contributed by atoms with van der Waals surface area (Å²) in [6.45, 7) is 5.22. The Morgan fingerprint density at radius 2 is 1.82 bits per heavy atom. The van der Waals surface area contributed by atoms with Gasteiger partial charge < -0.3 is 5.73 Å². The Morgan fingerprint density at radius 3 is 2.18 bits per heavy atom. The maximum absolute atomic E-state index is 9.31. The number of nitrogens with zero attached hydrogens (tertiary/aromatic N) is 4. The average molecular weight is 227 g/mol. The van der Waals surface area contributed by atoms with E-state index in [1.165, 1.54) is 0 Å². The monoisotopic (exact) mass is 227 g/mol. The molecule has 0 radical (unpaired) electrons. The highest BCUT2D eigenvalue weighted by molar-refractivity contribution is 6.04. The summed E-state index contributed by atoms with van der Waals surface area (Å²) in [4.78, 5) is 4.34. The van der Waals surface area contributed by atoms with Crippen molar-refractivity contribution in [2.24, 2.45) is 16.1 Å². The van der Waals surface area contributed by atoms with Crippen molar-refractivity contribution in [2.45, 2.75) is 32.7 Å². The maximum atomic E-state index is 9.31. The van der Waals surface area contributed by atoms with Crippen LogP contribution in [-0.4, -0.2) is 11.3 Å². The second kappa shape index (κ2) is 3.92. The molecule has 0 bridgehead atoms. The van der Waals surface area contributed by atoms with Gasteiger partial charge >= 0.3 is 0 Å². The quantitative estimate of drug-likeness (QED) is 0.729. The van der Waals surface area contributed by atoms with Crippen molar-refractivity contribution in [3.8, 4) is 18.2 Å². The molecule has 2 N–H and O–H groups in total. The van der Waals surface area contributed by atoms with E-state index in [2.05, 4.69) is 4.99 Å². The maximum Gasteiger partial charge on any atom is 0.208 e. The van der Waals surface area contributed by atoms with E-state index in [9.17, 15) is 10.5 Å². The van der Waals surface area contributed by atoms with Crippen LogP contribution in [0, 0.1) is 39.4 Å². The molecule has 1 rings (SSSR count). The summed E-state index contributed by atoms with van der Waals surface area (Å²) in [6.07, 6.45) is 0.491. The first-order valence-corrected chi connectivity index (χ1v) is 5.22. The molecule has 0 aromatic heterocycles. The van der Waals surface area contributed by atoms with Crippen LogP contribution in [0.25, 0.3) is 0 Å². The van der Waals surface area contributed by atoms with Crippen LogP contribution in [0.3, 0.4) is 0 Å². The van der Waals surface area contributed by atoms with Crippen molar-refractivity contribution < 1.29 is 0 Å². The van der Waals surface area contributed by atoms with Gasteiger partial charge in [-0.3, -0.25) is 4.99 Å². The van der Waals surface area contributed by atoms with Crippen molar-refractivity contribution in [1.29, 1.82) is 15.8 Å². The summed E-state index contributed by atoms with van der Waals surface area (Å²) in [7, 11) is 0. The van der Waals surface area contributed by atoms with Crippen LogP contribution < -0.4 is 5.73 Å². The molecule has 17 heavy (non-hydrogen) atoms. The van der Waals surface area contributed by atoms with Gasteiger partial charge in [-0.15, -0.1) is 0 Å². The number of allylic oxidation sites excluding steroid dienone is 1. The third kappa shape index (κ3) is 1.39. The average Bonchev–Trinajstić information content (AvgIpc) is 2.31. The highest BCUT2D eigenvalue weighted by Crippen LogP contribution is 2.45. The molecule has 0 fully saturated rings. The molecule has 0 unspecified atom stereocenters. The molecule has 1 aliphatic rings. The molecule has 0 amide bonds. The summed E-state index contributed by atoms with van der Waals surface area (Å²) in [5, 5.41) is 27.6. The summed E-state index contributed by atoms with van der Waals surface area (Å²) in [5.41, 5.74) is 4.02. The van der Waals surface area contributed by atoms with E-state index in [1.54, 1.807) is 13.8 Å². The molecule has 1 aliphatic heterocycles. The number of nitrogens with two attached hydrogens (primary N) is 1. The third-order valence-corrected chi connectivity index (χ3v) is 3.39. The number of nitriles is 3. The fourth-order valence-electron chi connectivity index (χ4n) is 2.05. The van der Waals surface area contributed by atoms with Gasteiger partial charge in [0.25, 0.3) is 0 Å². The van der Waals surface area contributed by atoms with E-state index in [1.807, 2.05) is 25.1 Å². The molecule has 5 heteroatoms. The highest BCUT2D eigenvalue weighted by atomic mass is 14.9. The van der Waals surface area contributed by atoms with E-state index in [0.29, 0.717) is 12.1 Å². The Kier molecular flexibility index (Phi) is 2.94. The van der Waals surface area contributed by atoms with Crippen LogP contribution >= 0.6 is 0 Å². The predicted octanol–water partition coefficient (Wildman–Crippen LogP) is 1.40. The molecule has 0 aromatic carbocycles. The highest BCUT2D eigenvalue weighted by Gasteiger charge is 2.54. The van der Waals surface area contributed by atoms with E-state index < -0.39 is 11.0 Å². The van der Waals surface area contributed by atoms with Crippen LogP contribution in [0.1, 0.15) is 27.2 Å². The van der Waals surface area contributed by atoms with Crippen molar-refractivity contribution in [1.82, 2.24) is 0 Å². The topological polar surface area (TPSA) is 110 Å². The van der Waals surface area contributed by atoms with Crippen molar-refractivity contribution in [2.75, 3.05) is 0 Å². The summed E-state index contributed by atoms with van der Waals surface area (Å²) < 4.78 is 0. The van der Waals surface area contributed by atoms with Crippen LogP contribution in [0.4, 0.5) is 0 Å². The molecular weight excluding hydrogens is 214 g/mol. The Balaban J connectivity index is 3.70. The Labute approximate surface area is 100 Å². The van der Waals surface area contributed by atoms with Gasteiger partial charge in [0.2, 0.25) is 5.41 Å². The van der Waals surface area contributed by atoms with Gasteiger partial charge in [-0.1, -0.05) is 6.92 Å². The summed E-state index contributed by atoms with van der Waals surface area (Å²) in [5.74, 6) is 0. The fourth-order valence-corrected chi connectivity index (χ4v) is 2.05. The second-order valence-corrected chi connectivity index (χ2v) is 4.20. The normalized spacial score (nSPS) is 26.5. The Bertz CT molecular complexity index is 521. The zero-order valence-electron chi connectivity index (χ0n) is 10.1. The van der Waals surface area contributed by atoms with Gasteiger partial charge in [0.05, 0.1) is 34.7 Å². The molecule has 1 atom stereocenters. The van der Waals surface area contributed by atoms with Crippen LogP contribution in [0.2, 0.25) is 0 Å². The van der Waals surface area contributed by atoms with Gasteiger partial charge in [-0.05, 0) is 20.3 Å². The molecule has 0 aliphatic carbocycles. The first-order chi connectivity index (χ1) is 7.92. The van der Waals surface area contributed by atoms with Gasteiger partial charge in [-0.2, -0.15) is 15.8 Å². The zero-order valence-corrected chi connectivity index (χ0v) is 10.1. The van der Waals surface area contributed by atoms with Crippen molar-refractivity contribution in [3.05, 3.63) is 11.3 Å². The smallest absolute Gasteiger partial charge is 0.208 e. The fraction of sp³-hybridized carbons (Fsp3) is 0.500. The standard InChI is InChI=1S/C12H13N5/c1-4-11(3)12(6-14,7-15)10(16)9(5-13)8(2)17-11/h4,16H2,1-3H3/t11-/m0/s1. The lowest BCUT2D eigenvalue weighted by atomic mass is 9.66. The number of dihydropyridines is 1. The van der Waals surface area contributed by atoms with E-state index in [-0.39, 0.29) is 11.3 Å². The molecule has 0 saturated carbocycles. The van der Waals surface area contributed by atoms with Crippen molar-refractivity contribution in [3.63, 3.8) is 0 Å². The minimum absolute atomic E-state index is 0.0156. The molecule has 5 nitrogen and oxygen atoms in total. The van der Waals surface area contributed by atoms with Gasteiger partial charge in [0.1, 0.15) is 6.07 Å². The Morgan fingerprint density at radius 1 is 1.29 bits per heavy atom. The largest absolute Gasteiger partial charge is 0.399 e. The number of aliphatic imine (C=N–C) groups is 1. The SMILES string of the molecule is CC[C@]1(C)N=C(C)C(C#N)=C(N)C1(C#N)C#N. The van der Waals surface area contributed by atoms with Crippen LogP contribution in [0.5, 0.6) is 0 Å². The lowest BCUT2D eigenvalue weighted by molar-refractivity contribution is 0.306. The number of hydrogen-bond acceptors (Lipinski definition) is 5. The first-order valence-electron chi connectivity index (χ1n) is 5.22. The predicted molar refractivity (Wildman–Crippen MR) is 62.3 cm³/mol. The zero-order chi connectivity index (χ0) is 13.3. The van der Waals surface area contributed by atoms with Crippen LogP contribution in [0.15, 0.2) is 16.3 Å². The van der Waals surface area contributed by atoms with Crippen LogP contribution in [-0.2, 0) is 0 Å². The lowest BCUT2D eigenvalue weighted by Gasteiger charge is -2.39. The molecule has 0 saturated heterocycles. The molecule has 1 heterocycles. The van der Waals surface area contributed by atoms with Crippen molar-refractivity contribution >= 4 is 5.71 Å². The van der Waals surface area contributed by atoms with E-state index >= 15 is 0 Å². The molecular formula is C12H13N5. The van der Waals surface area contributed by atoms with Gasteiger partial charge in [0.15, 0.2) is 0 Å². The Hall–Kier alpha value is -2.32.